The number of allylic oxidation sites excluding steroid dienone is 1. The molecule has 1 amide bonds. The van der Waals surface area contributed by atoms with E-state index < -0.39 is 0 Å². The minimum absolute atomic E-state index is 0.256. The highest BCUT2D eigenvalue weighted by Crippen LogP contribution is 2.43. The van der Waals surface area contributed by atoms with Crippen LogP contribution in [0.15, 0.2) is 42.0 Å². The summed E-state index contributed by atoms with van der Waals surface area (Å²) in [5.41, 5.74) is 10.2. The Labute approximate surface area is 124 Å². The quantitative estimate of drug-likeness (QED) is 0.846. The van der Waals surface area contributed by atoms with Gasteiger partial charge in [0.2, 0.25) is 5.91 Å². The highest BCUT2D eigenvalue weighted by molar-refractivity contribution is 6.21. The van der Waals surface area contributed by atoms with Crippen molar-refractivity contribution in [3.63, 3.8) is 0 Å². The van der Waals surface area contributed by atoms with Crippen LogP contribution in [0.2, 0.25) is 0 Å². The molecule has 0 spiro atoms. The van der Waals surface area contributed by atoms with Crippen molar-refractivity contribution in [2.24, 2.45) is 11.7 Å². The molecule has 0 saturated heterocycles. The highest BCUT2D eigenvalue weighted by atomic mass is 16.1. The molecule has 2 aromatic rings. The number of carbonyl (C=O) groups is 1. The number of hydrogen-bond acceptors (Lipinski definition) is 1. The Hall–Kier alpha value is -2.09. The van der Waals surface area contributed by atoms with Crippen molar-refractivity contribution in [1.29, 1.82) is 0 Å². The molecule has 1 fully saturated rings. The highest BCUT2D eigenvalue weighted by Gasteiger charge is 2.31. The zero-order valence-electron chi connectivity index (χ0n) is 12.1. The van der Waals surface area contributed by atoms with Crippen LogP contribution in [0.5, 0.6) is 0 Å². The molecule has 1 saturated carbocycles. The first-order valence-corrected chi connectivity index (χ1v) is 7.79. The van der Waals surface area contributed by atoms with Gasteiger partial charge in [0.05, 0.1) is 0 Å². The predicted molar refractivity (Wildman–Crippen MR) is 85.7 cm³/mol. The fourth-order valence-corrected chi connectivity index (χ4v) is 4.06. The lowest BCUT2D eigenvalue weighted by Crippen LogP contribution is -2.26. The lowest BCUT2D eigenvalue weighted by molar-refractivity contribution is -0.112. The standard InChI is InChI=1S/C19H19NO/c20-19(21)18-16-8-4-3-7-14(16)10-15-9-12-5-1-2-6-13(12)11-17(15)18/h1-2,5-6,9,11,14H,3-4,7-8,10H2,(H2,20,21). The van der Waals surface area contributed by atoms with Gasteiger partial charge in [-0.3, -0.25) is 4.79 Å². The average Bonchev–Trinajstić information content (AvgIpc) is 2.50. The van der Waals surface area contributed by atoms with E-state index in [0.717, 1.165) is 24.0 Å². The van der Waals surface area contributed by atoms with E-state index in [9.17, 15) is 4.79 Å². The second-order valence-electron chi connectivity index (χ2n) is 6.27. The Morgan fingerprint density at radius 1 is 1.10 bits per heavy atom. The lowest BCUT2D eigenvalue weighted by Gasteiger charge is -2.33. The van der Waals surface area contributed by atoms with Gasteiger partial charge in [-0.1, -0.05) is 42.3 Å². The molecule has 0 aromatic heterocycles. The number of hydrogen-bond donors (Lipinski definition) is 1. The smallest absolute Gasteiger partial charge is 0.249 e. The third-order valence-corrected chi connectivity index (χ3v) is 5.02. The van der Waals surface area contributed by atoms with E-state index in [1.165, 1.54) is 41.2 Å². The molecule has 2 N–H and O–H groups in total. The summed E-state index contributed by atoms with van der Waals surface area (Å²) in [4.78, 5) is 12.1. The maximum atomic E-state index is 12.1. The van der Waals surface area contributed by atoms with Crippen LogP contribution in [0.3, 0.4) is 0 Å². The van der Waals surface area contributed by atoms with E-state index in [1.807, 2.05) is 6.07 Å². The van der Waals surface area contributed by atoms with Gasteiger partial charge >= 0.3 is 0 Å². The fraction of sp³-hybridized carbons (Fsp3) is 0.316. The Balaban J connectivity index is 1.99. The fourth-order valence-electron chi connectivity index (χ4n) is 4.06. The van der Waals surface area contributed by atoms with E-state index in [-0.39, 0.29) is 5.91 Å². The molecular formula is C19H19NO. The van der Waals surface area contributed by atoms with E-state index >= 15 is 0 Å². The second-order valence-corrected chi connectivity index (χ2v) is 6.27. The van der Waals surface area contributed by atoms with Crippen molar-refractivity contribution in [2.45, 2.75) is 32.1 Å². The Bertz CT molecular complexity index is 772. The van der Waals surface area contributed by atoms with Gasteiger partial charge in [-0.2, -0.15) is 0 Å². The van der Waals surface area contributed by atoms with Gasteiger partial charge in [-0.15, -0.1) is 0 Å². The number of rotatable bonds is 1. The molecule has 0 bridgehead atoms. The van der Waals surface area contributed by atoms with Crippen LogP contribution in [0.1, 0.15) is 36.8 Å². The minimum atomic E-state index is -0.256. The molecule has 2 aliphatic rings. The summed E-state index contributed by atoms with van der Waals surface area (Å²) in [6, 6.07) is 12.7. The summed E-state index contributed by atoms with van der Waals surface area (Å²) in [5.74, 6) is 0.267. The largest absolute Gasteiger partial charge is 0.366 e. The summed E-state index contributed by atoms with van der Waals surface area (Å²) < 4.78 is 0. The van der Waals surface area contributed by atoms with Crippen LogP contribution < -0.4 is 5.73 Å². The zero-order valence-corrected chi connectivity index (χ0v) is 12.1. The number of carbonyl (C=O) groups excluding carboxylic acids is 1. The number of primary amides is 1. The Morgan fingerprint density at radius 2 is 1.86 bits per heavy atom. The van der Waals surface area contributed by atoms with Gasteiger partial charge in [0.15, 0.2) is 0 Å². The van der Waals surface area contributed by atoms with Crippen LogP contribution in [0.4, 0.5) is 0 Å². The molecule has 2 nitrogen and oxygen atoms in total. The van der Waals surface area contributed by atoms with Gasteiger partial charge in [0, 0.05) is 5.57 Å². The molecule has 1 atom stereocenters. The van der Waals surface area contributed by atoms with Gasteiger partial charge in [-0.25, -0.2) is 0 Å². The topological polar surface area (TPSA) is 43.1 Å². The number of fused-ring (bicyclic) bond motifs is 3. The van der Waals surface area contributed by atoms with Crippen LogP contribution in [-0.4, -0.2) is 5.91 Å². The first kappa shape index (κ1) is 12.6. The van der Waals surface area contributed by atoms with Crippen molar-refractivity contribution in [3.8, 4) is 0 Å². The molecule has 106 valence electrons. The SMILES string of the molecule is NC(=O)C1=C2CCCCC2Cc2cc3ccccc3cc21. The van der Waals surface area contributed by atoms with Gasteiger partial charge in [0.1, 0.15) is 0 Å². The molecule has 1 unspecified atom stereocenters. The number of amides is 1. The van der Waals surface area contributed by atoms with Crippen LogP contribution in [0.25, 0.3) is 16.3 Å². The molecular weight excluding hydrogens is 258 g/mol. The van der Waals surface area contributed by atoms with Gasteiger partial charge in [-0.05, 0) is 59.6 Å². The maximum absolute atomic E-state index is 12.1. The maximum Gasteiger partial charge on any atom is 0.249 e. The molecule has 21 heavy (non-hydrogen) atoms. The van der Waals surface area contributed by atoms with Crippen LogP contribution >= 0.6 is 0 Å². The van der Waals surface area contributed by atoms with Crippen LogP contribution in [-0.2, 0) is 11.2 Å². The van der Waals surface area contributed by atoms with Crippen molar-refractivity contribution < 1.29 is 4.79 Å². The molecule has 0 aliphatic heterocycles. The lowest BCUT2D eigenvalue weighted by atomic mass is 9.71. The van der Waals surface area contributed by atoms with E-state index in [2.05, 4.69) is 30.3 Å². The summed E-state index contributed by atoms with van der Waals surface area (Å²) in [6.45, 7) is 0. The van der Waals surface area contributed by atoms with Crippen molar-refractivity contribution in [1.82, 2.24) is 0 Å². The first-order chi connectivity index (χ1) is 10.2. The van der Waals surface area contributed by atoms with Gasteiger partial charge < -0.3 is 5.73 Å². The molecule has 2 aromatic carbocycles. The van der Waals surface area contributed by atoms with Crippen molar-refractivity contribution >= 4 is 22.3 Å². The third kappa shape index (κ3) is 1.98. The van der Waals surface area contributed by atoms with Gasteiger partial charge in [0.25, 0.3) is 0 Å². The summed E-state index contributed by atoms with van der Waals surface area (Å²) in [5, 5.41) is 2.43. The monoisotopic (exact) mass is 277 g/mol. The van der Waals surface area contributed by atoms with Crippen LogP contribution in [0, 0.1) is 5.92 Å². The van der Waals surface area contributed by atoms with E-state index in [4.69, 9.17) is 5.73 Å². The minimum Gasteiger partial charge on any atom is -0.366 e. The summed E-state index contributed by atoms with van der Waals surface area (Å²) >= 11 is 0. The average molecular weight is 277 g/mol. The van der Waals surface area contributed by atoms with E-state index in [1.54, 1.807) is 0 Å². The molecule has 0 heterocycles. The van der Waals surface area contributed by atoms with Crippen molar-refractivity contribution in [2.75, 3.05) is 0 Å². The molecule has 2 aliphatic carbocycles. The molecule has 0 radical (unpaired) electrons. The summed E-state index contributed by atoms with van der Waals surface area (Å²) in [6.07, 6.45) is 5.74. The Kier molecular flexibility index (Phi) is 2.85. The molecule has 2 heteroatoms. The third-order valence-electron chi connectivity index (χ3n) is 5.02. The van der Waals surface area contributed by atoms with E-state index in [0.29, 0.717) is 5.92 Å². The Morgan fingerprint density at radius 3 is 2.62 bits per heavy atom. The normalized spacial score (nSPS) is 21.0. The zero-order chi connectivity index (χ0) is 14.4. The summed E-state index contributed by atoms with van der Waals surface area (Å²) in [7, 11) is 0. The molecule has 4 rings (SSSR count). The second kappa shape index (κ2) is 4.73. The predicted octanol–water partition coefficient (Wildman–Crippen LogP) is 3.83. The number of benzene rings is 2. The first-order valence-electron chi connectivity index (χ1n) is 7.79. The van der Waals surface area contributed by atoms with Crippen molar-refractivity contribution in [3.05, 3.63) is 53.1 Å². The number of nitrogens with two attached hydrogens (primary N) is 1.